The van der Waals surface area contributed by atoms with Crippen LogP contribution in [0, 0.1) is 5.82 Å². The minimum Gasteiger partial charge on any atom is -0.389 e. The van der Waals surface area contributed by atoms with E-state index in [1.807, 2.05) is 6.07 Å². The van der Waals surface area contributed by atoms with Gasteiger partial charge >= 0.3 is 0 Å². The number of benzene rings is 1. The van der Waals surface area contributed by atoms with Gasteiger partial charge in [0.15, 0.2) is 0 Å². The van der Waals surface area contributed by atoms with Crippen molar-refractivity contribution in [2.45, 2.75) is 19.3 Å². The number of anilines is 1. The van der Waals surface area contributed by atoms with Crippen molar-refractivity contribution in [2.75, 3.05) is 5.32 Å². The van der Waals surface area contributed by atoms with Crippen LogP contribution in [-0.4, -0.2) is 10.9 Å². The number of nitrogens with two attached hydrogens (primary N) is 1. The molecule has 3 rings (SSSR count). The average Bonchev–Trinajstić information content (AvgIpc) is 3.01. The molecule has 6 heteroatoms. The molecule has 3 N–H and O–H groups in total. The number of carbonyl (C=O) groups excluding carboxylic acids is 1. The van der Waals surface area contributed by atoms with Gasteiger partial charge in [-0.15, -0.1) is 11.3 Å². The number of thiocarbonyl (C=S) groups is 1. The summed E-state index contributed by atoms with van der Waals surface area (Å²) < 4.78 is 13.5. The van der Waals surface area contributed by atoms with Gasteiger partial charge in [0.25, 0.3) is 5.91 Å². The third kappa shape index (κ3) is 2.82. The molecule has 21 heavy (non-hydrogen) atoms. The second-order valence-electron chi connectivity index (χ2n) is 4.93. The minimum absolute atomic E-state index is 0.0290. The van der Waals surface area contributed by atoms with Gasteiger partial charge in [-0.05, 0) is 49.1 Å². The van der Waals surface area contributed by atoms with Gasteiger partial charge in [0, 0.05) is 16.1 Å². The SMILES string of the molecule is NC(=S)c1cc(NC(=O)c2cc3c(s2)CCC3)ccc1F. The number of hydrogen-bond acceptors (Lipinski definition) is 3. The van der Waals surface area contributed by atoms with E-state index < -0.39 is 5.82 Å². The summed E-state index contributed by atoms with van der Waals surface area (Å²) in [4.78, 5) is 14.2. The molecule has 1 amide bonds. The van der Waals surface area contributed by atoms with E-state index in [9.17, 15) is 9.18 Å². The van der Waals surface area contributed by atoms with Crippen LogP contribution < -0.4 is 11.1 Å². The summed E-state index contributed by atoms with van der Waals surface area (Å²) in [6, 6.07) is 6.14. The van der Waals surface area contributed by atoms with Crippen LogP contribution in [-0.2, 0) is 12.8 Å². The van der Waals surface area contributed by atoms with Crippen LogP contribution >= 0.6 is 23.6 Å². The fraction of sp³-hybridized carbons (Fsp3) is 0.200. The van der Waals surface area contributed by atoms with E-state index in [1.54, 1.807) is 0 Å². The molecule has 1 aliphatic carbocycles. The lowest BCUT2D eigenvalue weighted by Gasteiger charge is -2.07. The Kier molecular flexibility index (Phi) is 3.73. The van der Waals surface area contributed by atoms with Crippen molar-refractivity contribution in [1.29, 1.82) is 0 Å². The summed E-state index contributed by atoms with van der Waals surface area (Å²) in [5, 5.41) is 2.76. The van der Waals surface area contributed by atoms with Crippen molar-refractivity contribution in [3.8, 4) is 0 Å². The van der Waals surface area contributed by atoms with Crippen LogP contribution in [0.5, 0.6) is 0 Å². The monoisotopic (exact) mass is 320 g/mol. The maximum Gasteiger partial charge on any atom is 0.265 e. The zero-order valence-electron chi connectivity index (χ0n) is 11.1. The van der Waals surface area contributed by atoms with Gasteiger partial charge in [0.1, 0.15) is 10.8 Å². The number of amides is 1. The Hall–Kier alpha value is -1.79. The summed E-state index contributed by atoms with van der Waals surface area (Å²) in [7, 11) is 0. The molecule has 0 aliphatic heterocycles. The van der Waals surface area contributed by atoms with Crippen molar-refractivity contribution >= 4 is 40.1 Å². The van der Waals surface area contributed by atoms with Crippen LogP contribution in [0.3, 0.4) is 0 Å². The molecule has 2 aromatic rings. The number of halogens is 1. The molecule has 0 unspecified atom stereocenters. The number of fused-ring (bicyclic) bond motifs is 1. The lowest BCUT2D eigenvalue weighted by atomic mass is 10.2. The molecular formula is C15H13FN2OS2. The first-order valence-electron chi connectivity index (χ1n) is 6.57. The van der Waals surface area contributed by atoms with E-state index in [0.29, 0.717) is 10.6 Å². The quantitative estimate of drug-likeness (QED) is 0.854. The molecule has 1 aromatic heterocycles. The predicted octanol–water partition coefficient (Wildman–Crippen LogP) is 3.26. The summed E-state index contributed by atoms with van der Waals surface area (Å²) in [5.41, 5.74) is 7.35. The molecule has 0 spiro atoms. The van der Waals surface area contributed by atoms with Gasteiger partial charge in [-0.25, -0.2) is 4.39 Å². The highest BCUT2D eigenvalue weighted by Gasteiger charge is 2.18. The lowest BCUT2D eigenvalue weighted by molar-refractivity contribution is 0.103. The molecule has 1 aliphatic rings. The van der Waals surface area contributed by atoms with E-state index in [1.165, 1.54) is 46.4 Å². The molecule has 108 valence electrons. The van der Waals surface area contributed by atoms with Gasteiger partial charge < -0.3 is 11.1 Å². The number of nitrogens with one attached hydrogen (secondary N) is 1. The van der Waals surface area contributed by atoms with Crippen LogP contribution in [0.1, 0.15) is 32.1 Å². The van der Waals surface area contributed by atoms with E-state index in [2.05, 4.69) is 5.32 Å². The second-order valence-corrected chi connectivity index (χ2v) is 6.50. The molecule has 0 radical (unpaired) electrons. The maximum absolute atomic E-state index is 13.5. The van der Waals surface area contributed by atoms with Crippen molar-refractivity contribution in [3.05, 3.63) is 51.0 Å². The first-order chi connectivity index (χ1) is 10.0. The van der Waals surface area contributed by atoms with Crippen LogP contribution in [0.25, 0.3) is 0 Å². The number of rotatable bonds is 3. The summed E-state index contributed by atoms with van der Waals surface area (Å²) in [6.45, 7) is 0. The first kappa shape index (κ1) is 14.2. The number of thiophene rings is 1. The minimum atomic E-state index is -0.490. The van der Waals surface area contributed by atoms with Crippen LogP contribution in [0.2, 0.25) is 0 Å². The van der Waals surface area contributed by atoms with E-state index in [0.717, 1.165) is 12.8 Å². The Morgan fingerprint density at radius 1 is 1.33 bits per heavy atom. The highest BCUT2D eigenvalue weighted by molar-refractivity contribution is 7.80. The third-order valence-electron chi connectivity index (χ3n) is 3.46. The van der Waals surface area contributed by atoms with Gasteiger partial charge in [-0.1, -0.05) is 12.2 Å². The van der Waals surface area contributed by atoms with Gasteiger partial charge in [0.2, 0.25) is 0 Å². The average molecular weight is 320 g/mol. The zero-order valence-corrected chi connectivity index (χ0v) is 12.7. The topological polar surface area (TPSA) is 55.1 Å². The summed E-state index contributed by atoms with van der Waals surface area (Å²) >= 11 is 6.31. The Bertz CT molecular complexity index is 718. The fourth-order valence-electron chi connectivity index (χ4n) is 2.43. The zero-order chi connectivity index (χ0) is 15.0. The molecular weight excluding hydrogens is 307 g/mol. The Morgan fingerprint density at radius 2 is 2.14 bits per heavy atom. The predicted molar refractivity (Wildman–Crippen MR) is 86.6 cm³/mol. The molecule has 0 bridgehead atoms. The molecule has 1 aromatic carbocycles. The summed E-state index contributed by atoms with van der Waals surface area (Å²) in [5.74, 6) is -0.675. The van der Waals surface area contributed by atoms with E-state index in [-0.39, 0.29) is 16.5 Å². The highest BCUT2D eigenvalue weighted by atomic mass is 32.1. The molecule has 3 nitrogen and oxygen atoms in total. The number of hydrogen-bond donors (Lipinski definition) is 2. The van der Waals surface area contributed by atoms with Crippen molar-refractivity contribution in [1.82, 2.24) is 0 Å². The Balaban J connectivity index is 1.81. The number of carbonyl (C=O) groups is 1. The molecule has 0 saturated heterocycles. The van der Waals surface area contributed by atoms with Crippen molar-refractivity contribution in [2.24, 2.45) is 5.73 Å². The third-order valence-corrected chi connectivity index (χ3v) is 4.92. The normalized spacial score (nSPS) is 13.0. The standard InChI is InChI=1S/C15H13FN2OS2/c16-11-5-4-9(7-10(11)14(17)20)18-15(19)13-6-8-2-1-3-12(8)21-13/h4-7H,1-3H2,(H2,17,20)(H,18,19). The molecule has 1 heterocycles. The molecule has 0 saturated carbocycles. The Labute approximate surface area is 131 Å². The van der Waals surface area contributed by atoms with Crippen molar-refractivity contribution in [3.63, 3.8) is 0 Å². The van der Waals surface area contributed by atoms with Gasteiger partial charge in [-0.3, -0.25) is 4.79 Å². The van der Waals surface area contributed by atoms with E-state index in [4.69, 9.17) is 18.0 Å². The first-order valence-corrected chi connectivity index (χ1v) is 7.79. The fourth-order valence-corrected chi connectivity index (χ4v) is 3.73. The van der Waals surface area contributed by atoms with Crippen LogP contribution in [0.15, 0.2) is 24.3 Å². The van der Waals surface area contributed by atoms with Crippen molar-refractivity contribution < 1.29 is 9.18 Å². The summed E-state index contributed by atoms with van der Waals surface area (Å²) in [6.07, 6.45) is 3.26. The maximum atomic E-state index is 13.5. The second kappa shape index (κ2) is 5.54. The van der Waals surface area contributed by atoms with E-state index >= 15 is 0 Å². The molecule has 0 fully saturated rings. The highest BCUT2D eigenvalue weighted by Crippen LogP contribution is 2.31. The Morgan fingerprint density at radius 3 is 2.86 bits per heavy atom. The van der Waals surface area contributed by atoms with Gasteiger partial charge in [-0.2, -0.15) is 0 Å². The largest absolute Gasteiger partial charge is 0.389 e. The number of aryl methyl sites for hydroxylation is 2. The molecule has 0 atom stereocenters. The lowest BCUT2D eigenvalue weighted by Crippen LogP contribution is -2.14. The van der Waals surface area contributed by atoms with Crippen LogP contribution in [0.4, 0.5) is 10.1 Å². The smallest absolute Gasteiger partial charge is 0.265 e. The van der Waals surface area contributed by atoms with Gasteiger partial charge in [0.05, 0.1) is 4.88 Å².